The molecule has 2 aliphatic rings. The Hall–Kier alpha value is -0.670. The molecule has 2 heterocycles. The summed E-state index contributed by atoms with van der Waals surface area (Å²) in [6.07, 6.45) is 7.00. The van der Waals surface area contributed by atoms with Gasteiger partial charge in [-0.3, -0.25) is 0 Å². The topological polar surface area (TPSA) is 24.9 Å². The first kappa shape index (κ1) is 11.4. The zero-order chi connectivity index (χ0) is 11.8. The molecule has 0 radical (unpaired) electrons. The van der Waals surface area contributed by atoms with E-state index in [0.717, 1.165) is 23.0 Å². The van der Waals surface area contributed by atoms with Gasteiger partial charge in [0.25, 0.3) is 0 Å². The number of nitrogens with zero attached hydrogens (tertiary/aromatic N) is 1. The van der Waals surface area contributed by atoms with Crippen molar-refractivity contribution in [2.75, 3.05) is 13.1 Å². The minimum Gasteiger partial charge on any atom is -0.316 e. The maximum absolute atomic E-state index is 4.40. The standard InChI is InChI=1S/C14H17BrN2/c1-9-4-12(8-17-14(9)15)11-5-10-2-3-16-7-13(10)6-11/h4,6,8,10,13,16H,2-3,5,7H2,1H3/t10-,13-/m0/s1. The predicted molar refractivity (Wildman–Crippen MR) is 73.7 cm³/mol. The number of aromatic nitrogens is 1. The van der Waals surface area contributed by atoms with Crippen LogP contribution in [0.25, 0.3) is 5.57 Å². The van der Waals surface area contributed by atoms with Gasteiger partial charge in [-0.1, -0.05) is 6.08 Å². The quantitative estimate of drug-likeness (QED) is 0.805. The third kappa shape index (κ3) is 2.18. The van der Waals surface area contributed by atoms with Crippen molar-refractivity contribution in [3.63, 3.8) is 0 Å². The summed E-state index contributed by atoms with van der Waals surface area (Å²) in [5.41, 5.74) is 4.02. The molecule has 0 spiro atoms. The molecule has 1 N–H and O–H groups in total. The Labute approximate surface area is 111 Å². The van der Waals surface area contributed by atoms with E-state index in [1.165, 1.54) is 36.1 Å². The first-order chi connectivity index (χ1) is 8.24. The summed E-state index contributed by atoms with van der Waals surface area (Å²) in [7, 11) is 0. The summed E-state index contributed by atoms with van der Waals surface area (Å²) in [6, 6.07) is 2.24. The van der Waals surface area contributed by atoms with Crippen molar-refractivity contribution in [3.05, 3.63) is 34.1 Å². The Balaban J connectivity index is 1.87. The summed E-state index contributed by atoms with van der Waals surface area (Å²) in [5.74, 6) is 1.60. The molecule has 1 aliphatic heterocycles. The number of piperidine rings is 1. The minimum atomic E-state index is 0.739. The first-order valence-corrected chi connectivity index (χ1v) is 7.07. The molecule has 1 aromatic heterocycles. The monoisotopic (exact) mass is 292 g/mol. The Morgan fingerprint density at radius 2 is 2.35 bits per heavy atom. The maximum Gasteiger partial charge on any atom is 0.109 e. The van der Waals surface area contributed by atoms with E-state index in [2.05, 4.69) is 45.3 Å². The number of allylic oxidation sites excluding steroid dienone is 1. The van der Waals surface area contributed by atoms with Crippen molar-refractivity contribution < 1.29 is 0 Å². The smallest absolute Gasteiger partial charge is 0.109 e. The van der Waals surface area contributed by atoms with Crippen LogP contribution < -0.4 is 5.32 Å². The van der Waals surface area contributed by atoms with Gasteiger partial charge in [-0.2, -0.15) is 0 Å². The van der Waals surface area contributed by atoms with Crippen LogP contribution in [0, 0.1) is 18.8 Å². The second-order valence-electron chi connectivity index (χ2n) is 5.14. The van der Waals surface area contributed by atoms with E-state index in [1.807, 2.05) is 6.20 Å². The highest BCUT2D eigenvalue weighted by atomic mass is 79.9. The normalized spacial score (nSPS) is 27.8. The number of hydrogen-bond acceptors (Lipinski definition) is 2. The van der Waals surface area contributed by atoms with Crippen LogP contribution in [-0.4, -0.2) is 18.1 Å². The Morgan fingerprint density at radius 3 is 3.12 bits per heavy atom. The summed E-state index contributed by atoms with van der Waals surface area (Å²) in [5, 5.41) is 3.48. The molecular weight excluding hydrogens is 276 g/mol. The minimum absolute atomic E-state index is 0.739. The van der Waals surface area contributed by atoms with Gasteiger partial charge >= 0.3 is 0 Å². The van der Waals surface area contributed by atoms with Crippen LogP contribution in [-0.2, 0) is 0 Å². The molecule has 1 aliphatic carbocycles. The van der Waals surface area contributed by atoms with E-state index in [0.29, 0.717) is 0 Å². The fraction of sp³-hybridized carbons (Fsp3) is 0.500. The summed E-state index contributed by atoms with van der Waals surface area (Å²) < 4.78 is 0.957. The van der Waals surface area contributed by atoms with Gasteiger partial charge in [0, 0.05) is 12.7 Å². The predicted octanol–water partition coefficient (Wildman–Crippen LogP) is 3.17. The van der Waals surface area contributed by atoms with Crippen LogP contribution in [0.15, 0.2) is 22.9 Å². The lowest BCUT2D eigenvalue weighted by Crippen LogP contribution is -2.33. The van der Waals surface area contributed by atoms with Crippen LogP contribution in [0.4, 0.5) is 0 Å². The summed E-state index contributed by atoms with van der Waals surface area (Å²) >= 11 is 3.46. The van der Waals surface area contributed by atoms with Gasteiger partial charge in [0.2, 0.25) is 0 Å². The van der Waals surface area contributed by atoms with Gasteiger partial charge in [0.15, 0.2) is 0 Å². The molecule has 2 nitrogen and oxygen atoms in total. The molecule has 3 rings (SSSR count). The number of aryl methyl sites for hydroxylation is 1. The van der Waals surface area contributed by atoms with Gasteiger partial charge < -0.3 is 5.32 Å². The van der Waals surface area contributed by atoms with Crippen LogP contribution in [0.5, 0.6) is 0 Å². The molecular formula is C14H17BrN2. The molecule has 0 bridgehead atoms. The highest BCUT2D eigenvalue weighted by Gasteiger charge is 2.30. The van der Waals surface area contributed by atoms with E-state index in [9.17, 15) is 0 Å². The van der Waals surface area contributed by atoms with Gasteiger partial charge in [-0.25, -0.2) is 4.98 Å². The fourth-order valence-electron chi connectivity index (χ4n) is 2.94. The van der Waals surface area contributed by atoms with Crippen LogP contribution in [0.3, 0.4) is 0 Å². The van der Waals surface area contributed by atoms with Crippen molar-refractivity contribution >= 4 is 21.5 Å². The van der Waals surface area contributed by atoms with Crippen molar-refractivity contribution in [2.24, 2.45) is 11.8 Å². The van der Waals surface area contributed by atoms with E-state index in [-0.39, 0.29) is 0 Å². The zero-order valence-corrected chi connectivity index (χ0v) is 11.6. The van der Waals surface area contributed by atoms with E-state index in [1.54, 1.807) is 0 Å². The van der Waals surface area contributed by atoms with Crippen molar-refractivity contribution in [2.45, 2.75) is 19.8 Å². The largest absolute Gasteiger partial charge is 0.316 e. The Morgan fingerprint density at radius 1 is 1.47 bits per heavy atom. The third-order valence-electron chi connectivity index (χ3n) is 3.96. The molecule has 17 heavy (non-hydrogen) atoms. The van der Waals surface area contributed by atoms with Crippen molar-refractivity contribution in [3.8, 4) is 0 Å². The number of hydrogen-bond donors (Lipinski definition) is 1. The fourth-order valence-corrected chi connectivity index (χ4v) is 3.16. The lowest BCUT2D eigenvalue weighted by molar-refractivity contribution is 0.323. The Bertz CT molecular complexity index is 467. The Kier molecular flexibility index (Phi) is 3.05. The second kappa shape index (κ2) is 4.54. The maximum atomic E-state index is 4.40. The van der Waals surface area contributed by atoms with E-state index < -0.39 is 0 Å². The molecule has 0 amide bonds. The van der Waals surface area contributed by atoms with Crippen molar-refractivity contribution in [1.29, 1.82) is 0 Å². The first-order valence-electron chi connectivity index (χ1n) is 6.28. The molecule has 1 saturated heterocycles. The van der Waals surface area contributed by atoms with E-state index in [4.69, 9.17) is 0 Å². The molecule has 3 heteroatoms. The van der Waals surface area contributed by atoms with Crippen molar-refractivity contribution in [1.82, 2.24) is 10.3 Å². The highest BCUT2D eigenvalue weighted by molar-refractivity contribution is 9.10. The number of pyridine rings is 1. The van der Waals surface area contributed by atoms with Crippen LogP contribution in [0.1, 0.15) is 24.0 Å². The summed E-state index contributed by atoms with van der Waals surface area (Å²) in [4.78, 5) is 4.40. The molecule has 0 saturated carbocycles. The third-order valence-corrected chi connectivity index (χ3v) is 4.79. The van der Waals surface area contributed by atoms with Gasteiger partial charge in [-0.05, 0) is 76.8 Å². The zero-order valence-electron chi connectivity index (χ0n) is 10.0. The SMILES string of the molecule is Cc1cc(C2=C[C@H]3CNCC[C@H]3C2)cnc1Br. The molecule has 1 fully saturated rings. The molecule has 1 aromatic rings. The molecule has 90 valence electrons. The lowest BCUT2D eigenvalue weighted by atomic mass is 9.89. The summed E-state index contributed by atoms with van der Waals surface area (Å²) in [6.45, 7) is 4.43. The van der Waals surface area contributed by atoms with Gasteiger partial charge in [0.1, 0.15) is 4.60 Å². The molecule has 0 unspecified atom stereocenters. The average molecular weight is 293 g/mol. The number of fused-ring (bicyclic) bond motifs is 1. The molecule has 0 aromatic carbocycles. The molecule has 2 atom stereocenters. The van der Waals surface area contributed by atoms with Crippen LogP contribution >= 0.6 is 15.9 Å². The second-order valence-corrected chi connectivity index (χ2v) is 5.90. The number of rotatable bonds is 1. The van der Waals surface area contributed by atoms with Gasteiger partial charge in [0.05, 0.1) is 0 Å². The lowest BCUT2D eigenvalue weighted by Gasteiger charge is -2.25. The number of halogens is 1. The highest BCUT2D eigenvalue weighted by Crippen LogP contribution is 2.39. The average Bonchev–Trinajstić information content (AvgIpc) is 2.76. The van der Waals surface area contributed by atoms with E-state index >= 15 is 0 Å². The van der Waals surface area contributed by atoms with Crippen LogP contribution in [0.2, 0.25) is 0 Å². The van der Waals surface area contributed by atoms with Gasteiger partial charge in [-0.15, -0.1) is 0 Å². The number of nitrogens with one attached hydrogen (secondary N) is 1.